The second-order valence-electron chi connectivity index (χ2n) is 5.11. The summed E-state index contributed by atoms with van der Waals surface area (Å²) >= 11 is 1.33. The van der Waals surface area contributed by atoms with E-state index in [0.29, 0.717) is 22.1 Å². The van der Waals surface area contributed by atoms with Crippen LogP contribution in [-0.2, 0) is 4.79 Å². The Balaban J connectivity index is 2.09. The zero-order valence-electron chi connectivity index (χ0n) is 14.0. The molecule has 0 radical (unpaired) electrons. The van der Waals surface area contributed by atoms with E-state index in [1.807, 2.05) is 5.38 Å². The number of benzene rings is 1. The van der Waals surface area contributed by atoms with Gasteiger partial charge in [-0.05, 0) is 30.5 Å². The van der Waals surface area contributed by atoms with Crippen molar-refractivity contribution in [2.75, 3.05) is 26.2 Å². The second-order valence-corrected chi connectivity index (χ2v) is 6.06. The predicted octanol–water partition coefficient (Wildman–Crippen LogP) is 2.55. The number of rotatable bonds is 6. The van der Waals surface area contributed by atoms with Crippen LogP contribution in [0.3, 0.4) is 0 Å². The van der Waals surface area contributed by atoms with E-state index < -0.39 is 6.04 Å². The van der Waals surface area contributed by atoms with E-state index >= 15 is 0 Å². The Morgan fingerprint density at radius 1 is 1.17 bits per heavy atom. The molecule has 24 heavy (non-hydrogen) atoms. The first kappa shape index (κ1) is 17.8. The minimum Gasteiger partial charge on any atom is -0.493 e. The summed E-state index contributed by atoms with van der Waals surface area (Å²) in [6.07, 6.45) is 0. The number of nitrogens with one attached hydrogen (secondary N) is 1. The van der Waals surface area contributed by atoms with Gasteiger partial charge in [-0.1, -0.05) is 6.07 Å². The van der Waals surface area contributed by atoms with E-state index in [1.165, 1.54) is 23.3 Å². The quantitative estimate of drug-likeness (QED) is 0.871. The molecule has 7 heteroatoms. The van der Waals surface area contributed by atoms with Crippen LogP contribution in [0.15, 0.2) is 35.7 Å². The Morgan fingerprint density at radius 3 is 2.46 bits per heavy atom. The average molecular weight is 348 g/mol. The number of likely N-dealkylation sites (N-methyl/N-ethyl adjacent to an activating group) is 1. The zero-order valence-corrected chi connectivity index (χ0v) is 14.8. The van der Waals surface area contributed by atoms with Crippen LogP contribution in [0.4, 0.5) is 5.69 Å². The van der Waals surface area contributed by atoms with Crippen LogP contribution in [0, 0.1) is 0 Å². The third-order valence-corrected chi connectivity index (χ3v) is 4.42. The topological polar surface area (TPSA) is 67.9 Å². The van der Waals surface area contributed by atoms with Crippen molar-refractivity contribution in [1.29, 1.82) is 0 Å². The molecule has 0 aliphatic rings. The third kappa shape index (κ3) is 3.86. The molecule has 0 fully saturated rings. The third-order valence-electron chi connectivity index (χ3n) is 3.55. The molecule has 1 aromatic heterocycles. The monoisotopic (exact) mass is 348 g/mol. The summed E-state index contributed by atoms with van der Waals surface area (Å²) in [7, 11) is 4.74. The molecule has 0 aliphatic carbocycles. The molecule has 0 saturated heterocycles. The van der Waals surface area contributed by atoms with Gasteiger partial charge in [0, 0.05) is 18.8 Å². The predicted molar refractivity (Wildman–Crippen MR) is 94.2 cm³/mol. The summed E-state index contributed by atoms with van der Waals surface area (Å²) in [5, 5.41) is 4.52. The van der Waals surface area contributed by atoms with Gasteiger partial charge < -0.3 is 19.7 Å². The lowest BCUT2D eigenvalue weighted by Gasteiger charge is -2.23. The lowest BCUT2D eigenvalue weighted by molar-refractivity contribution is -0.119. The molecule has 0 aliphatic heterocycles. The minimum absolute atomic E-state index is 0.230. The van der Waals surface area contributed by atoms with Gasteiger partial charge in [0.15, 0.2) is 11.5 Å². The molecule has 2 aromatic rings. The van der Waals surface area contributed by atoms with Gasteiger partial charge >= 0.3 is 0 Å². The SMILES string of the molecule is COc1ccc(N(C)C(=O)[C@H](C)NC(=O)c2cccs2)cc1OC. The summed E-state index contributed by atoms with van der Waals surface area (Å²) < 4.78 is 10.4. The van der Waals surface area contributed by atoms with Crippen LogP contribution in [0.25, 0.3) is 0 Å². The van der Waals surface area contributed by atoms with Crippen molar-refractivity contribution in [2.45, 2.75) is 13.0 Å². The highest BCUT2D eigenvalue weighted by atomic mass is 32.1. The fourth-order valence-corrected chi connectivity index (χ4v) is 2.82. The first-order valence-electron chi connectivity index (χ1n) is 7.32. The van der Waals surface area contributed by atoms with Crippen molar-refractivity contribution in [3.05, 3.63) is 40.6 Å². The number of hydrogen-bond donors (Lipinski definition) is 1. The van der Waals surface area contributed by atoms with Gasteiger partial charge in [0.2, 0.25) is 5.91 Å². The number of carbonyl (C=O) groups is 2. The van der Waals surface area contributed by atoms with E-state index in [4.69, 9.17) is 9.47 Å². The van der Waals surface area contributed by atoms with Crippen molar-refractivity contribution >= 4 is 28.8 Å². The van der Waals surface area contributed by atoms with Crippen LogP contribution in [-0.4, -0.2) is 39.1 Å². The number of methoxy groups -OCH3 is 2. The Bertz CT molecular complexity index is 715. The van der Waals surface area contributed by atoms with Crippen LogP contribution in [0.1, 0.15) is 16.6 Å². The molecule has 1 aromatic carbocycles. The molecule has 128 valence electrons. The maximum absolute atomic E-state index is 12.5. The standard InChI is InChI=1S/C17H20N2O4S/c1-11(18-16(20)15-6-5-9-24-15)17(21)19(2)12-7-8-13(22-3)14(10-12)23-4/h5-11H,1-4H3,(H,18,20)/t11-/m0/s1. The summed E-state index contributed by atoms with van der Waals surface area (Å²) in [6, 6.07) is 8.05. The number of thiophene rings is 1. The van der Waals surface area contributed by atoms with Gasteiger partial charge in [-0.2, -0.15) is 0 Å². The number of amides is 2. The molecule has 1 atom stereocenters. The van der Waals surface area contributed by atoms with Gasteiger partial charge in [-0.25, -0.2) is 0 Å². The molecule has 1 heterocycles. The van der Waals surface area contributed by atoms with Crippen molar-refractivity contribution in [1.82, 2.24) is 5.32 Å². The second kappa shape index (κ2) is 7.83. The van der Waals surface area contributed by atoms with Crippen LogP contribution in [0.2, 0.25) is 0 Å². The Kier molecular flexibility index (Phi) is 5.81. The number of hydrogen-bond acceptors (Lipinski definition) is 5. The molecule has 1 N–H and O–H groups in total. The number of nitrogens with zero attached hydrogens (tertiary/aromatic N) is 1. The molecule has 6 nitrogen and oxygen atoms in total. The highest BCUT2D eigenvalue weighted by molar-refractivity contribution is 7.12. The van der Waals surface area contributed by atoms with Crippen LogP contribution in [0.5, 0.6) is 11.5 Å². The van der Waals surface area contributed by atoms with E-state index in [1.54, 1.807) is 51.4 Å². The van der Waals surface area contributed by atoms with Crippen molar-refractivity contribution in [2.24, 2.45) is 0 Å². The normalized spacial score (nSPS) is 11.5. The largest absolute Gasteiger partial charge is 0.493 e. The highest BCUT2D eigenvalue weighted by Crippen LogP contribution is 2.31. The minimum atomic E-state index is -0.655. The first-order valence-corrected chi connectivity index (χ1v) is 8.19. The first-order chi connectivity index (χ1) is 11.5. The fourth-order valence-electron chi connectivity index (χ4n) is 2.19. The van der Waals surface area contributed by atoms with Crippen molar-refractivity contribution < 1.29 is 19.1 Å². The van der Waals surface area contributed by atoms with Crippen molar-refractivity contribution in [3.8, 4) is 11.5 Å². The lowest BCUT2D eigenvalue weighted by atomic mass is 10.2. The number of ether oxygens (including phenoxy) is 2. The maximum atomic E-state index is 12.5. The summed E-state index contributed by atoms with van der Waals surface area (Å²) in [4.78, 5) is 26.6. The van der Waals surface area contributed by atoms with Crippen LogP contribution < -0.4 is 19.7 Å². The van der Waals surface area contributed by atoms with E-state index in [2.05, 4.69) is 5.32 Å². The Hall–Kier alpha value is -2.54. The van der Waals surface area contributed by atoms with E-state index in [0.717, 1.165) is 0 Å². The van der Waals surface area contributed by atoms with Crippen LogP contribution >= 0.6 is 11.3 Å². The van der Waals surface area contributed by atoms with Gasteiger partial charge in [0.1, 0.15) is 6.04 Å². The van der Waals surface area contributed by atoms with E-state index in [9.17, 15) is 9.59 Å². The fraction of sp³-hybridized carbons (Fsp3) is 0.294. The molecule has 0 saturated carbocycles. The molecule has 2 rings (SSSR count). The number of anilines is 1. The maximum Gasteiger partial charge on any atom is 0.261 e. The average Bonchev–Trinajstić information content (AvgIpc) is 3.14. The summed E-state index contributed by atoms with van der Waals surface area (Å²) in [5.74, 6) is 0.629. The molecule has 0 spiro atoms. The van der Waals surface area contributed by atoms with Gasteiger partial charge in [0.05, 0.1) is 19.1 Å². The molecule has 0 bridgehead atoms. The van der Waals surface area contributed by atoms with Gasteiger partial charge in [-0.3, -0.25) is 9.59 Å². The molecular weight excluding hydrogens is 328 g/mol. The highest BCUT2D eigenvalue weighted by Gasteiger charge is 2.22. The Labute approximate surface area is 145 Å². The van der Waals surface area contributed by atoms with Gasteiger partial charge in [0.25, 0.3) is 5.91 Å². The van der Waals surface area contributed by atoms with Crippen molar-refractivity contribution in [3.63, 3.8) is 0 Å². The molecule has 2 amide bonds. The summed E-state index contributed by atoms with van der Waals surface area (Å²) in [5.41, 5.74) is 0.648. The Morgan fingerprint density at radius 2 is 1.88 bits per heavy atom. The summed E-state index contributed by atoms with van der Waals surface area (Å²) in [6.45, 7) is 1.66. The van der Waals surface area contributed by atoms with E-state index in [-0.39, 0.29) is 11.8 Å². The van der Waals surface area contributed by atoms with Gasteiger partial charge in [-0.15, -0.1) is 11.3 Å². The number of carbonyl (C=O) groups excluding carboxylic acids is 2. The zero-order chi connectivity index (χ0) is 17.7. The molecular formula is C17H20N2O4S. The smallest absolute Gasteiger partial charge is 0.261 e. The molecule has 0 unspecified atom stereocenters. The lowest BCUT2D eigenvalue weighted by Crippen LogP contribution is -2.45.